The number of unbranched alkanes of at least 4 members (excludes halogenated alkanes) is 3. The fraction of sp³-hybridized carbons (Fsp3) is 0.457. The fourth-order valence-corrected chi connectivity index (χ4v) is 7.80. The Morgan fingerprint density at radius 2 is 1.67 bits per heavy atom. The van der Waals surface area contributed by atoms with E-state index in [1.165, 1.54) is 0 Å². The molecule has 8 nitrogen and oxygen atoms in total. The van der Waals surface area contributed by atoms with Crippen LogP contribution in [0, 0.1) is 17.8 Å². The van der Waals surface area contributed by atoms with Crippen molar-refractivity contribution in [1.82, 2.24) is 10.2 Å². The second-order valence-electron chi connectivity index (χ2n) is 12.6. The van der Waals surface area contributed by atoms with Gasteiger partial charge in [-0.3, -0.25) is 14.4 Å². The van der Waals surface area contributed by atoms with E-state index in [1.54, 1.807) is 4.90 Å². The van der Waals surface area contributed by atoms with Crippen molar-refractivity contribution in [3.8, 4) is 0 Å². The summed E-state index contributed by atoms with van der Waals surface area (Å²) in [6.45, 7) is 4.87. The van der Waals surface area contributed by atoms with E-state index >= 15 is 0 Å². The van der Waals surface area contributed by atoms with Gasteiger partial charge in [-0.15, -0.1) is 0 Å². The first-order chi connectivity index (χ1) is 20.8. The molecule has 0 aromatic heterocycles. The number of fused-ring (bicyclic) bond motifs is 2. The second-order valence-corrected chi connectivity index (χ2v) is 12.6. The topological polar surface area (TPSA) is 108 Å². The standard InChI is InChI=1S/C35H41N3O5/c1-23-21-35-29(28(34(23,2)43-35)31(40)36-22-24-12-6-5-7-13-24)33(42)38(18-10-3-4-11-19-39)30(35)32(41)37-27-17-16-25-14-8-9-15-26(25)20-27/h5-9,12-17,20,23,28-30,39H,3-4,10-11,18-19,21-22H2,1-2H3,(H,36,40)(H,37,41)/t23?,28-,29-,30?,34+,35?/m0/s1. The third kappa shape index (κ3) is 5.10. The molecule has 3 aromatic rings. The van der Waals surface area contributed by atoms with E-state index in [1.807, 2.05) is 79.7 Å². The molecule has 43 heavy (non-hydrogen) atoms. The Kier molecular flexibility index (Phi) is 8.00. The summed E-state index contributed by atoms with van der Waals surface area (Å²) in [4.78, 5) is 44.1. The number of ether oxygens (including phenoxy) is 1. The summed E-state index contributed by atoms with van der Waals surface area (Å²) < 4.78 is 6.84. The maximum absolute atomic E-state index is 14.3. The van der Waals surface area contributed by atoms with Crippen molar-refractivity contribution in [2.45, 2.75) is 69.7 Å². The Hall–Kier alpha value is -3.75. The van der Waals surface area contributed by atoms with Gasteiger partial charge in [0.15, 0.2) is 0 Å². The molecule has 0 aliphatic carbocycles. The molecule has 226 valence electrons. The quantitative estimate of drug-likeness (QED) is 0.285. The molecule has 6 atom stereocenters. The molecule has 3 aliphatic heterocycles. The monoisotopic (exact) mass is 583 g/mol. The molecule has 0 saturated carbocycles. The lowest BCUT2D eigenvalue weighted by atomic mass is 9.62. The molecule has 3 fully saturated rings. The normalized spacial score (nSPS) is 29.2. The number of likely N-dealkylation sites (tertiary alicyclic amines) is 1. The zero-order chi connectivity index (χ0) is 30.2. The number of hydrogen-bond acceptors (Lipinski definition) is 5. The minimum absolute atomic E-state index is 0.0236. The first-order valence-corrected chi connectivity index (χ1v) is 15.5. The van der Waals surface area contributed by atoms with Crippen LogP contribution in [0.15, 0.2) is 72.8 Å². The maximum atomic E-state index is 14.3. The van der Waals surface area contributed by atoms with Gasteiger partial charge in [0.1, 0.15) is 11.6 Å². The van der Waals surface area contributed by atoms with Crippen LogP contribution in [0.25, 0.3) is 10.8 Å². The van der Waals surface area contributed by atoms with E-state index in [0.717, 1.165) is 29.2 Å². The van der Waals surface area contributed by atoms with Crippen molar-refractivity contribution >= 4 is 34.2 Å². The Labute approximate surface area is 252 Å². The molecule has 3 aromatic carbocycles. The molecule has 3 heterocycles. The molecular weight excluding hydrogens is 542 g/mol. The highest BCUT2D eigenvalue weighted by atomic mass is 16.5. The number of aliphatic hydroxyl groups excluding tert-OH is 1. The molecule has 3 saturated heterocycles. The highest BCUT2D eigenvalue weighted by molar-refractivity contribution is 6.04. The molecule has 3 amide bonds. The zero-order valence-corrected chi connectivity index (χ0v) is 24.9. The van der Waals surface area contributed by atoms with E-state index in [9.17, 15) is 19.5 Å². The molecule has 2 bridgehead atoms. The summed E-state index contributed by atoms with van der Waals surface area (Å²) >= 11 is 0. The summed E-state index contributed by atoms with van der Waals surface area (Å²) in [5.41, 5.74) is -0.326. The van der Waals surface area contributed by atoms with Gasteiger partial charge in [-0.05, 0) is 60.6 Å². The number of anilines is 1. The van der Waals surface area contributed by atoms with Gasteiger partial charge in [-0.1, -0.05) is 80.4 Å². The van der Waals surface area contributed by atoms with Gasteiger partial charge < -0.3 is 25.4 Å². The van der Waals surface area contributed by atoms with Crippen LogP contribution in [0.1, 0.15) is 51.5 Å². The van der Waals surface area contributed by atoms with Crippen molar-refractivity contribution < 1.29 is 24.2 Å². The minimum atomic E-state index is -1.09. The molecular formula is C35H41N3O5. The number of nitrogens with one attached hydrogen (secondary N) is 2. The predicted molar refractivity (Wildman–Crippen MR) is 165 cm³/mol. The van der Waals surface area contributed by atoms with E-state index in [2.05, 4.69) is 17.6 Å². The Morgan fingerprint density at radius 3 is 2.44 bits per heavy atom. The van der Waals surface area contributed by atoms with Crippen molar-refractivity contribution in [3.05, 3.63) is 78.4 Å². The van der Waals surface area contributed by atoms with Crippen molar-refractivity contribution in [2.75, 3.05) is 18.5 Å². The lowest BCUT2D eigenvalue weighted by Crippen LogP contribution is -2.54. The van der Waals surface area contributed by atoms with Crippen LogP contribution >= 0.6 is 0 Å². The first kappa shape index (κ1) is 29.3. The van der Waals surface area contributed by atoms with Gasteiger partial charge in [0.2, 0.25) is 17.7 Å². The van der Waals surface area contributed by atoms with Crippen LogP contribution in [0.4, 0.5) is 5.69 Å². The fourth-order valence-electron chi connectivity index (χ4n) is 7.80. The van der Waals surface area contributed by atoms with E-state index in [4.69, 9.17) is 4.74 Å². The molecule has 0 radical (unpaired) electrons. The smallest absolute Gasteiger partial charge is 0.250 e. The SMILES string of the molecule is CC1CC23O[C@@]1(C)[C@H](C(=O)NCc1ccccc1)[C@H]2C(=O)N(CCCCCCO)C3C(=O)Nc1ccc2ccccc2c1. The van der Waals surface area contributed by atoms with Crippen LogP contribution in [0.2, 0.25) is 0 Å². The molecule has 8 heteroatoms. The van der Waals surface area contributed by atoms with Crippen LogP contribution < -0.4 is 10.6 Å². The minimum Gasteiger partial charge on any atom is -0.396 e. The number of benzene rings is 3. The third-order valence-corrected chi connectivity index (χ3v) is 9.98. The molecule has 3 aliphatic rings. The lowest BCUT2D eigenvalue weighted by Gasteiger charge is -2.36. The number of nitrogens with zero attached hydrogens (tertiary/aromatic N) is 1. The van der Waals surface area contributed by atoms with Crippen LogP contribution in [-0.4, -0.2) is 58.1 Å². The van der Waals surface area contributed by atoms with E-state index in [0.29, 0.717) is 38.0 Å². The first-order valence-electron chi connectivity index (χ1n) is 15.5. The van der Waals surface area contributed by atoms with Gasteiger partial charge in [-0.25, -0.2) is 0 Å². The Morgan fingerprint density at radius 1 is 0.953 bits per heavy atom. The number of aliphatic hydroxyl groups is 1. The molecule has 3 N–H and O–H groups in total. The number of hydrogen-bond donors (Lipinski definition) is 3. The number of rotatable bonds is 11. The Balaban J connectivity index is 1.30. The number of carbonyl (C=O) groups excluding carboxylic acids is 3. The number of carbonyl (C=O) groups is 3. The molecule has 1 spiro atoms. The van der Waals surface area contributed by atoms with Crippen molar-refractivity contribution in [3.63, 3.8) is 0 Å². The van der Waals surface area contributed by atoms with Gasteiger partial charge >= 0.3 is 0 Å². The third-order valence-electron chi connectivity index (χ3n) is 9.98. The predicted octanol–water partition coefficient (Wildman–Crippen LogP) is 4.66. The number of amides is 3. The van der Waals surface area contributed by atoms with Crippen LogP contribution in [0.5, 0.6) is 0 Å². The van der Waals surface area contributed by atoms with E-state index in [-0.39, 0.29) is 30.2 Å². The van der Waals surface area contributed by atoms with Crippen LogP contribution in [-0.2, 0) is 25.7 Å². The zero-order valence-electron chi connectivity index (χ0n) is 24.9. The highest BCUT2D eigenvalue weighted by Gasteiger charge is 2.79. The summed E-state index contributed by atoms with van der Waals surface area (Å²) in [5.74, 6) is -2.15. The van der Waals surface area contributed by atoms with E-state index < -0.39 is 29.1 Å². The average molecular weight is 584 g/mol. The molecule has 6 rings (SSSR count). The summed E-state index contributed by atoms with van der Waals surface area (Å²) in [7, 11) is 0. The maximum Gasteiger partial charge on any atom is 0.250 e. The van der Waals surface area contributed by atoms with Gasteiger partial charge in [0.05, 0.1) is 17.4 Å². The largest absolute Gasteiger partial charge is 0.396 e. The van der Waals surface area contributed by atoms with Crippen LogP contribution in [0.3, 0.4) is 0 Å². The molecule has 3 unspecified atom stereocenters. The highest BCUT2D eigenvalue weighted by Crippen LogP contribution is 2.65. The Bertz CT molecular complexity index is 1510. The lowest BCUT2D eigenvalue weighted by molar-refractivity contribution is -0.146. The summed E-state index contributed by atoms with van der Waals surface area (Å²) in [6.07, 6.45) is 3.61. The summed E-state index contributed by atoms with van der Waals surface area (Å²) in [6, 6.07) is 22.6. The van der Waals surface area contributed by atoms with Gasteiger partial charge in [0, 0.05) is 25.4 Å². The van der Waals surface area contributed by atoms with Crippen molar-refractivity contribution in [1.29, 1.82) is 0 Å². The summed E-state index contributed by atoms with van der Waals surface area (Å²) in [5, 5.41) is 17.4. The van der Waals surface area contributed by atoms with Crippen molar-refractivity contribution in [2.24, 2.45) is 17.8 Å². The second kappa shape index (κ2) is 11.7. The average Bonchev–Trinajstić information content (AvgIpc) is 3.52. The van der Waals surface area contributed by atoms with Gasteiger partial charge in [-0.2, -0.15) is 0 Å². The van der Waals surface area contributed by atoms with Gasteiger partial charge in [0.25, 0.3) is 0 Å².